The Balaban J connectivity index is 1.77. The largest absolute Gasteiger partial charge is 0.477 e. The maximum atomic E-state index is 11.0. The highest BCUT2D eigenvalue weighted by Crippen LogP contribution is 2.33. The number of nitrogens with zero attached hydrogens (tertiary/aromatic N) is 3. The van der Waals surface area contributed by atoms with E-state index in [0.29, 0.717) is 15.6 Å². The topological polar surface area (TPSA) is 68.0 Å². The summed E-state index contributed by atoms with van der Waals surface area (Å²) in [6.07, 6.45) is 5.82. The zero-order valence-corrected chi connectivity index (χ0v) is 11.5. The molecule has 1 aliphatic rings. The number of carboxylic acid groups (broad SMARTS) is 1. The van der Waals surface area contributed by atoms with Gasteiger partial charge in [0.1, 0.15) is 15.6 Å². The van der Waals surface area contributed by atoms with E-state index < -0.39 is 5.97 Å². The van der Waals surface area contributed by atoms with Crippen molar-refractivity contribution in [2.45, 2.75) is 32.7 Å². The van der Waals surface area contributed by atoms with Crippen molar-refractivity contribution in [3.05, 3.63) is 22.8 Å². The van der Waals surface area contributed by atoms with Crippen LogP contribution in [0.5, 0.6) is 0 Å². The molecular formula is C13H15N3O2S. The van der Waals surface area contributed by atoms with Crippen LogP contribution in [0.25, 0.3) is 10.7 Å². The molecule has 0 unspecified atom stereocenters. The van der Waals surface area contributed by atoms with E-state index in [-0.39, 0.29) is 0 Å². The number of aryl methyl sites for hydroxylation is 2. The monoisotopic (exact) mass is 277 g/mol. The third-order valence-corrected chi connectivity index (χ3v) is 4.48. The molecule has 1 N–H and O–H groups in total. The second-order valence-electron chi connectivity index (χ2n) is 4.93. The second kappa shape index (κ2) is 4.77. The highest BCUT2D eigenvalue weighted by molar-refractivity contribution is 7.17. The molecule has 0 aromatic carbocycles. The van der Waals surface area contributed by atoms with E-state index >= 15 is 0 Å². The lowest BCUT2D eigenvalue weighted by Gasteiger charge is -1.98. The molecule has 2 aromatic rings. The fourth-order valence-corrected chi connectivity index (χ4v) is 2.90. The zero-order chi connectivity index (χ0) is 13.4. The van der Waals surface area contributed by atoms with Crippen LogP contribution in [-0.2, 0) is 6.54 Å². The van der Waals surface area contributed by atoms with Gasteiger partial charge in [-0.05, 0) is 25.3 Å². The van der Waals surface area contributed by atoms with E-state index in [1.54, 1.807) is 6.92 Å². The lowest BCUT2D eigenvalue weighted by atomic mass is 10.3. The predicted octanol–water partition coefficient (Wildman–Crippen LogP) is 2.81. The third-order valence-electron chi connectivity index (χ3n) is 3.31. The molecule has 1 fully saturated rings. The Kier molecular flexibility index (Phi) is 3.10. The summed E-state index contributed by atoms with van der Waals surface area (Å²) in [5, 5.41) is 14.2. The standard InChI is InChI=1S/C13H15N3O2S/c1-8-11(13(17)18)19-12(14-8)10-5-7-16(15-10)6-4-9-2-3-9/h5,7,9H,2-4,6H2,1H3,(H,17,18). The fourth-order valence-electron chi connectivity index (χ4n) is 2.03. The van der Waals surface area contributed by atoms with E-state index in [0.717, 1.165) is 18.2 Å². The smallest absolute Gasteiger partial charge is 0.347 e. The van der Waals surface area contributed by atoms with E-state index in [9.17, 15) is 4.79 Å². The van der Waals surface area contributed by atoms with Crippen LogP contribution >= 0.6 is 11.3 Å². The van der Waals surface area contributed by atoms with Crippen molar-refractivity contribution in [3.63, 3.8) is 0 Å². The maximum Gasteiger partial charge on any atom is 0.347 e. The number of thiazole rings is 1. The minimum Gasteiger partial charge on any atom is -0.477 e. The fraction of sp³-hybridized carbons (Fsp3) is 0.462. The van der Waals surface area contributed by atoms with Gasteiger partial charge in [-0.15, -0.1) is 11.3 Å². The van der Waals surface area contributed by atoms with Gasteiger partial charge in [0.2, 0.25) is 0 Å². The Bertz CT molecular complexity index is 613. The van der Waals surface area contributed by atoms with Crippen LogP contribution in [-0.4, -0.2) is 25.8 Å². The van der Waals surface area contributed by atoms with Crippen molar-refractivity contribution in [2.24, 2.45) is 5.92 Å². The van der Waals surface area contributed by atoms with Crippen molar-refractivity contribution in [1.29, 1.82) is 0 Å². The number of carboxylic acids is 1. The van der Waals surface area contributed by atoms with Gasteiger partial charge in [0, 0.05) is 12.7 Å². The van der Waals surface area contributed by atoms with E-state index in [4.69, 9.17) is 5.11 Å². The van der Waals surface area contributed by atoms with Crippen molar-refractivity contribution in [3.8, 4) is 10.7 Å². The average Bonchev–Trinajstić information content (AvgIpc) is 2.93. The van der Waals surface area contributed by atoms with Crippen LogP contribution in [0.3, 0.4) is 0 Å². The summed E-state index contributed by atoms with van der Waals surface area (Å²) < 4.78 is 1.92. The van der Waals surface area contributed by atoms with Crippen molar-refractivity contribution in [1.82, 2.24) is 14.8 Å². The van der Waals surface area contributed by atoms with Crippen LogP contribution in [0.4, 0.5) is 0 Å². The minimum absolute atomic E-state index is 0.294. The first-order valence-corrected chi connectivity index (χ1v) is 7.19. The summed E-state index contributed by atoms with van der Waals surface area (Å²) in [5.74, 6) is -0.0391. The third kappa shape index (κ3) is 2.68. The minimum atomic E-state index is -0.922. The Labute approximate surface area is 114 Å². The second-order valence-corrected chi connectivity index (χ2v) is 5.93. The Hall–Kier alpha value is -1.69. The van der Waals surface area contributed by atoms with Crippen LogP contribution in [0.2, 0.25) is 0 Å². The molecule has 0 bridgehead atoms. The summed E-state index contributed by atoms with van der Waals surface area (Å²) in [6, 6.07) is 1.90. The zero-order valence-electron chi connectivity index (χ0n) is 10.7. The summed E-state index contributed by atoms with van der Waals surface area (Å²) in [4.78, 5) is 15.6. The lowest BCUT2D eigenvalue weighted by Crippen LogP contribution is -1.99. The van der Waals surface area contributed by atoms with Gasteiger partial charge in [-0.25, -0.2) is 9.78 Å². The van der Waals surface area contributed by atoms with Crippen LogP contribution in [0, 0.1) is 12.8 Å². The molecule has 2 heterocycles. The van der Waals surface area contributed by atoms with Crippen LogP contribution in [0.1, 0.15) is 34.6 Å². The average molecular weight is 277 g/mol. The van der Waals surface area contributed by atoms with Crippen molar-refractivity contribution >= 4 is 17.3 Å². The molecule has 0 saturated heterocycles. The number of hydrogen-bond donors (Lipinski definition) is 1. The highest BCUT2D eigenvalue weighted by atomic mass is 32.1. The van der Waals surface area contributed by atoms with E-state index in [1.165, 1.54) is 30.6 Å². The molecule has 3 rings (SSSR count). The Morgan fingerprint density at radius 2 is 2.37 bits per heavy atom. The molecule has 2 aromatic heterocycles. The molecule has 0 radical (unpaired) electrons. The summed E-state index contributed by atoms with van der Waals surface area (Å²) in [7, 11) is 0. The van der Waals surface area contributed by atoms with Crippen molar-refractivity contribution < 1.29 is 9.90 Å². The molecular weight excluding hydrogens is 262 g/mol. The molecule has 19 heavy (non-hydrogen) atoms. The number of carbonyl (C=O) groups is 1. The molecule has 0 atom stereocenters. The molecule has 0 aliphatic heterocycles. The summed E-state index contributed by atoms with van der Waals surface area (Å²) >= 11 is 1.18. The van der Waals surface area contributed by atoms with Crippen molar-refractivity contribution in [2.75, 3.05) is 0 Å². The van der Waals surface area contributed by atoms with Crippen LogP contribution < -0.4 is 0 Å². The van der Waals surface area contributed by atoms with E-state index in [1.807, 2.05) is 16.9 Å². The van der Waals surface area contributed by atoms with Gasteiger partial charge in [0.25, 0.3) is 0 Å². The molecule has 5 nitrogen and oxygen atoms in total. The number of aromatic carboxylic acids is 1. The Morgan fingerprint density at radius 1 is 1.58 bits per heavy atom. The number of hydrogen-bond acceptors (Lipinski definition) is 4. The van der Waals surface area contributed by atoms with Gasteiger partial charge in [0.15, 0.2) is 0 Å². The quantitative estimate of drug-likeness (QED) is 0.912. The molecule has 100 valence electrons. The summed E-state index contributed by atoms with van der Waals surface area (Å²) in [5.41, 5.74) is 1.32. The van der Waals surface area contributed by atoms with Gasteiger partial charge in [-0.1, -0.05) is 12.8 Å². The molecule has 6 heteroatoms. The first-order chi connectivity index (χ1) is 9.13. The highest BCUT2D eigenvalue weighted by Gasteiger charge is 2.21. The molecule has 0 spiro atoms. The van der Waals surface area contributed by atoms with Gasteiger partial charge in [0.05, 0.1) is 5.69 Å². The van der Waals surface area contributed by atoms with Crippen LogP contribution in [0.15, 0.2) is 12.3 Å². The molecule has 1 aliphatic carbocycles. The number of rotatable bonds is 5. The molecule has 0 amide bonds. The van der Waals surface area contributed by atoms with E-state index in [2.05, 4.69) is 10.1 Å². The normalized spacial score (nSPS) is 14.8. The molecule has 1 saturated carbocycles. The number of aromatic nitrogens is 3. The predicted molar refractivity (Wildman–Crippen MR) is 72.4 cm³/mol. The first-order valence-electron chi connectivity index (χ1n) is 6.38. The SMILES string of the molecule is Cc1nc(-c2ccn(CCC3CC3)n2)sc1C(=O)O. The maximum absolute atomic E-state index is 11.0. The first kappa shape index (κ1) is 12.3. The Morgan fingerprint density at radius 3 is 3.00 bits per heavy atom. The van der Waals surface area contributed by atoms with Gasteiger partial charge in [-0.2, -0.15) is 5.10 Å². The van der Waals surface area contributed by atoms with Gasteiger partial charge < -0.3 is 5.11 Å². The van der Waals surface area contributed by atoms with Gasteiger partial charge in [-0.3, -0.25) is 4.68 Å². The van der Waals surface area contributed by atoms with Gasteiger partial charge >= 0.3 is 5.97 Å². The summed E-state index contributed by atoms with van der Waals surface area (Å²) in [6.45, 7) is 2.65. The lowest BCUT2D eigenvalue weighted by molar-refractivity contribution is 0.0701.